The summed E-state index contributed by atoms with van der Waals surface area (Å²) in [5, 5.41) is 9.44. The van der Waals surface area contributed by atoms with Gasteiger partial charge in [0.25, 0.3) is 5.56 Å². The zero-order valence-electron chi connectivity index (χ0n) is 27.5. The Hall–Kier alpha value is -3.35. The molecule has 4 aromatic rings. The molecule has 1 aliphatic carbocycles. The van der Waals surface area contributed by atoms with Gasteiger partial charge in [0, 0.05) is 76.8 Å². The molecule has 5 heterocycles. The van der Waals surface area contributed by atoms with Gasteiger partial charge in [0.05, 0.1) is 15.9 Å². The second-order valence-corrected chi connectivity index (χ2v) is 20.8. The third kappa shape index (κ3) is 6.24. The van der Waals surface area contributed by atoms with E-state index in [0.29, 0.717) is 41.7 Å². The number of nitrogens with zero attached hydrogens (tertiary/aromatic N) is 6. The second kappa shape index (κ2) is 11.5. The van der Waals surface area contributed by atoms with Crippen molar-refractivity contribution in [1.82, 2.24) is 29.2 Å². The molecule has 13 heteroatoms. The van der Waals surface area contributed by atoms with E-state index < -0.39 is 13.7 Å². The number of amides is 1. The number of aryl methyl sites for hydroxylation is 1. The van der Waals surface area contributed by atoms with E-state index in [9.17, 15) is 9.59 Å². The van der Waals surface area contributed by atoms with Crippen LogP contribution >= 0.6 is 11.6 Å². The number of hydrogen-bond acceptors (Lipinski definition) is 7. The van der Waals surface area contributed by atoms with Gasteiger partial charge < -0.3 is 24.3 Å². The zero-order valence-corrected chi connectivity index (χ0v) is 29.2. The van der Waals surface area contributed by atoms with Gasteiger partial charge in [-0.15, -0.1) is 0 Å². The number of aromatic nitrogens is 5. The number of alkyl carbamates (subject to hydrolysis) is 1. The summed E-state index contributed by atoms with van der Waals surface area (Å²) < 4.78 is 17.0. The minimum atomic E-state index is -1.28. The number of carbonyl (C=O) groups is 1. The van der Waals surface area contributed by atoms with Gasteiger partial charge >= 0.3 is 6.09 Å². The molecular weight excluding hydrogens is 610 g/mol. The fourth-order valence-electron chi connectivity index (χ4n) is 6.55. The van der Waals surface area contributed by atoms with Crippen LogP contribution in [0.4, 0.5) is 10.7 Å². The molecule has 242 valence electrons. The molecule has 45 heavy (non-hydrogen) atoms. The molecule has 3 atom stereocenters. The molecule has 3 fully saturated rings. The summed E-state index contributed by atoms with van der Waals surface area (Å²) in [7, 11) is 2.36. The average Bonchev–Trinajstić information content (AvgIpc) is 3.51. The van der Waals surface area contributed by atoms with Crippen molar-refractivity contribution < 1.29 is 14.3 Å². The first-order chi connectivity index (χ1) is 21.1. The van der Waals surface area contributed by atoms with Gasteiger partial charge in [0.1, 0.15) is 12.3 Å². The highest BCUT2D eigenvalue weighted by Gasteiger charge is 2.48. The highest BCUT2D eigenvalue weighted by Crippen LogP contribution is 2.42. The van der Waals surface area contributed by atoms with Crippen LogP contribution in [0.15, 0.2) is 29.3 Å². The molecule has 11 nitrogen and oxygen atoms in total. The Bertz CT molecular complexity index is 1820. The highest BCUT2D eigenvalue weighted by molar-refractivity contribution is 6.76. The number of benzene rings is 1. The van der Waals surface area contributed by atoms with Gasteiger partial charge in [-0.2, -0.15) is 10.1 Å². The maximum atomic E-state index is 14.2. The molecule has 0 spiro atoms. The molecule has 1 saturated carbocycles. The van der Waals surface area contributed by atoms with Crippen LogP contribution in [0.2, 0.25) is 30.7 Å². The number of carbonyl (C=O) groups excluding carboxylic acids is 1. The van der Waals surface area contributed by atoms with Crippen LogP contribution in [0.25, 0.3) is 33.1 Å². The number of nitrogens with one attached hydrogen (secondary N) is 1. The molecule has 0 unspecified atom stereocenters. The van der Waals surface area contributed by atoms with Crippen molar-refractivity contribution in [2.24, 2.45) is 25.9 Å². The Kier molecular flexibility index (Phi) is 8.06. The van der Waals surface area contributed by atoms with E-state index in [1.54, 1.807) is 16.3 Å². The van der Waals surface area contributed by atoms with Gasteiger partial charge in [0.2, 0.25) is 5.95 Å². The lowest BCUT2D eigenvalue weighted by molar-refractivity contribution is 0.0281. The van der Waals surface area contributed by atoms with Gasteiger partial charge in [-0.05, 0) is 51.1 Å². The van der Waals surface area contributed by atoms with E-state index in [1.807, 2.05) is 56.9 Å². The summed E-state index contributed by atoms with van der Waals surface area (Å²) in [5.41, 5.74) is 2.15. The fourth-order valence-corrected chi connectivity index (χ4v) is 7.62. The van der Waals surface area contributed by atoms with Crippen LogP contribution < -0.4 is 15.8 Å². The van der Waals surface area contributed by atoms with Crippen molar-refractivity contribution in [3.8, 4) is 11.1 Å². The predicted octanol–water partition coefficient (Wildman–Crippen LogP) is 5.60. The van der Waals surface area contributed by atoms with E-state index >= 15 is 0 Å². The smallest absolute Gasteiger partial charge is 0.407 e. The van der Waals surface area contributed by atoms with E-state index in [4.69, 9.17) is 26.1 Å². The zero-order chi connectivity index (χ0) is 32.4. The number of ether oxygens (including phenoxy) is 2. The highest BCUT2D eigenvalue weighted by atomic mass is 35.5. The van der Waals surface area contributed by atoms with Crippen molar-refractivity contribution in [3.05, 3.63) is 39.9 Å². The molecule has 2 bridgehead atoms. The predicted molar refractivity (Wildman–Crippen MR) is 181 cm³/mol. The summed E-state index contributed by atoms with van der Waals surface area (Å²) >= 11 is 6.96. The molecule has 7 rings (SSSR count). The molecule has 1 amide bonds. The number of anilines is 1. The normalized spacial score (nSPS) is 20.1. The number of fused-ring (bicyclic) bond motifs is 4. The van der Waals surface area contributed by atoms with Gasteiger partial charge in [-0.3, -0.25) is 14.0 Å². The Labute approximate surface area is 269 Å². The van der Waals surface area contributed by atoms with Crippen molar-refractivity contribution in [3.63, 3.8) is 0 Å². The molecule has 2 aliphatic heterocycles. The maximum absolute atomic E-state index is 14.2. The van der Waals surface area contributed by atoms with Crippen LogP contribution in [-0.4, -0.2) is 69.4 Å². The van der Waals surface area contributed by atoms with Crippen molar-refractivity contribution in [1.29, 1.82) is 0 Å². The summed E-state index contributed by atoms with van der Waals surface area (Å²) in [6.45, 7) is 14.9. The van der Waals surface area contributed by atoms with Crippen LogP contribution in [0.3, 0.4) is 0 Å². The van der Waals surface area contributed by atoms with E-state index in [2.05, 4.69) is 35.0 Å². The average molecular weight is 654 g/mol. The molecule has 3 aromatic heterocycles. The number of halogens is 1. The van der Waals surface area contributed by atoms with E-state index in [0.717, 1.165) is 34.5 Å². The van der Waals surface area contributed by atoms with Crippen LogP contribution in [-0.2, 0) is 30.3 Å². The van der Waals surface area contributed by atoms with Gasteiger partial charge in [0.15, 0.2) is 5.65 Å². The number of rotatable bonds is 8. The Morgan fingerprint density at radius 3 is 2.49 bits per heavy atom. The van der Waals surface area contributed by atoms with Crippen molar-refractivity contribution >= 4 is 53.7 Å². The Morgan fingerprint density at radius 1 is 1.11 bits per heavy atom. The molecule has 1 aromatic carbocycles. The summed E-state index contributed by atoms with van der Waals surface area (Å²) in [6, 6.07) is 4.94. The largest absolute Gasteiger partial charge is 0.444 e. The molecular formula is C32H44ClN7O4Si. The topological polar surface area (TPSA) is 108 Å². The first-order valence-electron chi connectivity index (χ1n) is 15.6. The Balaban J connectivity index is 1.35. The standard InChI is InChI=1S/C32H44ClN7O4Si/c1-32(2,3)44-31(42)34-27-19-13-20(27)15-39(14-19)30-35-28-25(29(41)38(30)5)22(17-40(28)18-43-11-12-45(6,7)8)21-9-10-24-23(26(21)33)16-37(4)36-24/h9-10,16-17,19-20,27H,11-15,18H2,1-8H3,(H,34,42)/t19-,20+,27+. The molecule has 0 radical (unpaired) electrons. The summed E-state index contributed by atoms with van der Waals surface area (Å²) in [5.74, 6) is 1.11. The summed E-state index contributed by atoms with van der Waals surface area (Å²) in [4.78, 5) is 34.0. The minimum absolute atomic E-state index is 0.0524. The molecule has 3 aliphatic rings. The van der Waals surface area contributed by atoms with Gasteiger partial charge in [-0.25, -0.2) is 4.79 Å². The van der Waals surface area contributed by atoms with E-state index in [1.165, 1.54) is 0 Å². The lowest BCUT2D eigenvalue weighted by Crippen LogP contribution is -2.65. The SMILES string of the molecule is Cn1cc2c(Cl)c(-c3cn(COCC[Si](C)(C)C)c4nc(N5C[C@H]6C[C@@H](C5)[C@H]6NC(=O)OC(C)(C)C)n(C)c(=O)c34)ccc2n1. The van der Waals surface area contributed by atoms with Crippen LogP contribution in [0.5, 0.6) is 0 Å². The number of piperidine rings is 2. The minimum Gasteiger partial charge on any atom is -0.444 e. The van der Waals surface area contributed by atoms with Crippen molar-refractivity contribution in [2.75, 3.05) is 24.6 Å². The third-order valence-corrected chi connectivity index (χ3v) is 10.9. The lowest BCUT2D eigenvalue weighted by Gasteiger charge is -2.53. The second-order valence-electron chi connectivity index (χ2n) is 14.8. The number of hydrogen-bond donors (Lipinski definition) is 1. The fraction of sp³-hybridized carbons (Fsp3) is 0.562. The maximum Gasteiger partial charge on any atom is 0.407 e. The summed E-state index contributed by atoms with van der Waals surface area (Å²) in [6.07, 6.45) is 4.47. The quantitative estimate of drug-likeness (QED) is 0.195. The Morgan fingerprint density at radius 2 is 1.82 bits per heavy atom. The molecule has 2 saturated heterocycles. The lowest BCUT2D eigenvalue weighted by atomic mass is 9.66. The van der Waals surface area contributed by atoms with Crippen LogP contribution in [0.1, 0.15) is 27.2 Å². The van der Waals surface area contributed by atoms with Gasteiger partial charge in [-0.1, -0.05) is 37.3 Å². The van der Waals surface area contributed by atoms with E-state index in [-0.39, 0.29) is 36.3 Å². The van der Waals surface area contributed by atoms with Crippen molar-refractivity contribution in [2.45, 2.75) is 71.3 Å². The third-order valence-electron chi connectivity index (χ3n) is 8.83. The molecule has 1 N–H and O–H groups in total. The first kappa shape index (κ1) is 31.6. The first-order valence-corrected chi connectivity index (χ1v) is 19.7. The monoisotopic (exact) mass is 653 g/mol. The van der Waals surface area contributed by atoms with Crippen LogP contribution in [0, 0.1) is 11.8 Å².